The number of hydrogen-bond donors (Lipinski definition) is 1. The van der Waals surface area contributed by atoms with Gasteiger partial charge in [-0.25, -0.2) is 8.42 Å². The van der Waals surface area contributed by atoms with Crippen molar-refractivity contribution in [2.75, 3.05) is 24.0 Å². The molecule has 0 bridgehead atoms. The van der Waals surface area contributed by atoms with Crippen LogP contribution in [0.4, 0.5) is 5.69 Å². The molecule has 0 saturated heterocycles. The number of anilines is 1. The Kier molecular flexibility index (Phi) is 7.47. The van der Waals surface area contributed by atoms with Crippen molar-refractivity contribution in [1.29, 1.82) is 0 Å². The molecule has 5 rings (SSSR count). The molecule has 208 valence electrons. The molecule has 4 aromatic carbocycles. The highest BCUT2D eigenvalue weighted by Crippen LogP contribution is 2.40. The fourth-order valence-corrected chi connectivity index (χ4v) is 6.10. The Labute approximate surface area is 235 Å². The van der Waals surface area contributed by atoms with Crippen LogP contribution < -0.4 is 19.1 Å². The lowest BCUT2D eigenvalue weighted by Crippen LogP contribution is -2.51. The molecule has 7 nitrogen and oxygen atoms in total. The van der Waals surface area contributed by atoms with Gasteiger partial charge in [-0.05, 0) is 65.1 Å². The SMILES string of the molecule is Cc1ccc(S(=O)(=O)N2C[C@H](C(=O)NCCOc3ccc4ccccc4c3)Oc3ccc(C(C)(C)C)cc32)cc1. The molecule has 8 heteroatoms. The first-order valence-electron chi connectivity index (χ1n) is 13.3. The van der Waals surface area contributed by atoms with Gasteiger partial charge in [-0.1, -0.05) is 74.9 Å². The van der Waals surface area contributed by atoms with Gasteiger partial charge in [-0.3, -0.25) is 9.10 Å². The first-order chi connectivity index (χ1) is 19.0. The molecule has 1 amide bonds. The van der Waals surface area contributed by atoms with Crippen LogP contribution in [0.1, 0.15) is 31.9 Å². The van der Waals surface area contributed by atoms with E-state index in [-0.39, 0.29) is 30.0 Å². The Bertz CT molecular complexity index is 1640. The van der Waals surface area contributed by atoms with Gasteiger partial charge in [0.15, 0.2) is 6.10 Å². The number of sulfonamides is 1. The van der Waals surface area contributed by atoms with Crippen LogP contribution in [0.15, 0.2) is 89.8 Å². The number of carbonyl (C=O) groups excluding carboxylic acids is 1. The molecule has 1 aliphatic heterocycles. The van der Waals surface area contributed by atoms with Gasteiger partial charge in [0.05, 0.1) is 23.7 Å². The maximum absolute atomic E-state index is 13.8. The zero-order valence-corrected chi connectivity index (χ0v) is 24.0. The van der Waals surface area contributed by atoms with Gasteiger partial charge in [0.1, 0.15) is 18.1 Å². The van der Waals surface area contributed by atoms with Crippen LogP contribution >= 0.6 is 0 Å². The van der Waals surface area contributed by atoms with Crippen molar-refractivity contribution in [3.05, 3.63) is 96.1 Å². The topological polar surface area (TPSA) is 84.9 Å². The lowest BCUT2D eigenvalue weighted by atomic mass is 9.86. The standard InChI is InChI=1S/C32H34N2O5S/c1-22-9-14-27(15-10-22)40(36,37)34-21-30(39-29-16-12-25(20-28(29)34)32(2,3)4)31(35)33-17-18-38-26-13-11-23-7-5-6-8-24(23)19-26/h5-16,19-20,30H,17-18,21H2,1-4H3,(H,33,35)/t30-/m1/s1. The molecule has 0 radical (unpaired) electrons. The van der Waals surface area contributed by atoms with E-state index in [1.165, 1.54) is 4.31 Å². The number of nitrogens with zero attached hydrogens (tertiary/aromatic N) is 1. The Morgan fingerprint density at radius 2 is 1.70 bits per heavy atom. The van der Waals surface area contributed by atoms with Gasteiger partial charge >= 0.3 is 0 Å². The summed E-state index contributed by atoms with van der Waals surface area (Å²) in [7, 11) is -3.95. The minimum absolute atomic E-state index is 0.145. The first-order valence-corrected chi connectivity index (χ1v) is 14.8. The molecule has 0 aliphatic carbocycles. The molecule has 0 spiro atoms. The maximum atomic E-state index is 13.8. The average molecular weight is 559 g/mol. The number of amides is 1. The summed E-state index contributed by atoms with van der Waals surface area (Å²) in [4.78, 5) is 13.3. The van der Waals surface area contributed by atoms with Crippen molar-refractivity contribution in [3.8, 4) is 11.5 Å². The monoisotopic (exact) mass is 558 g/mol. The third-order valence-corrected chi connectivity index (χ3v) is 8.78. The Morgan fingerprint density at radius 3 is 2.42 bits per heavy atom. The van der Waals surface area contributed by atoms with Crippen LogP contribution in [-0.2, 0) is 20.2 Å². The minimum atomic E-state index is -3.95. The van der Waals surface area contributed by atoms with Crippen LogP contribution in [0.3, 0.4) is 0 Å². The maximum Gasteiger partial charge on any atom is 0.264 e. The normalized spacial score (nSPS) is 15.3. The van der Waals surface area contributed by atoms with E-state index in [1.807, 2.05) is 61.5 Å². The number of aryl methyl sites for hydroxylation is 1. The molecular formula is C32H34N2O5S. The average Bonchev–Trinajstić information content (AvgIpc) is 2.94. The number of hydrogen-bond acceptors (Lipinski definition) is 5. The van der Waals surface area contributed by atoms with Gasteiger partial charge in [-0.15, -0.1) is 0 Å². The predicted molar refractivity (Wildman–Crippen MR) is 158 cm³/mol. The predicted octanol–water partition coefficient (Wildman–Crippen LogP) is 5.60. The molecule has 0 fully saturated rings. The van der Waals surface area contributed by atoms with E-state index in [1.54, 1.807) is 30.3 Å². The van der Waals surface area contributed by atoms with E-state index >= 15 is 0 Å². The van der Waals surface area contributed by atoms with E-state index in [0.29, 0.717) is 17.2 Å². The highest BCUT2D eigenvalue weighted by atomic mass is 32.2. The number of fused-ring (bicyclic) bond motifs is 2. The second kappa shape index (κ2) is 10.8. The summed E-state index contributed by atoms with van der Waals surface area (Å²) in [6.45, 7) is 8.45. The lowest BCUT2D eigenvalue weighted by molar-refractivity contribution is -0.127. The quantitative estimate of drug-likeness (QED) is 0.299. The summed E-state index contributed by atoms with van der Waals surface area (Å²) in [5.41, 5.74) is 2.15. The number of carbonyl (C=O) groups is 1. The summed E-state index contributed by atoms with van der Waals surface area (Å²) < 4.78 is 40.8. The number of benzene rings is 4. The molecule has 1 aliphatic rings. The van der Waals surface area contributed by atoms with E-state index < -0.39 is 22.0 Å². The van der Waals surface area contributed by atoms with Crippen molar-refractivity contribution >= 4 is 32.4 Å². The van der Waals surface area contributed by atoms with Crippen molar-refractivity contribution in [3.63, 3.8) is 0 Å². The van der Waals surface area contributed by atoms with Crippen LogP contribution in [-0.4, -0.2) is 40.1 Å². The van der Waals surface area contributed by atoms with Crippen LogP contribution in [0, 0.1) is 6.92 Å². The molecule has 0 aromatic heterocycles. The number of rotatable bonds is 7. The second-order valence-electron chi connectivity index (χ2n) is 11.0. The van der Waals surface area contributed by atoms with E-state index in [4.69, 9.17) is 9.47 Å². The molecule has 1 heterocycles. The van der Waals surface area contributed by atoms with Gasteiger partial charge in [0.2, 0.25) is 0 Å². The molecule has 4 aromatic rings. The minimum Gasteiger partial charge on any atom is -0.492 e. The third-order valence-electron chi connectivity index (χ3n) is 6.99. The van der Waals surface area contributed by atoms with Crippen LogP contribution in [0.5, 0.6) is 11.5 Å². The number of ether oxygens (including phenoxy) is 2. The van der Waals surface area contributed by atoms with Crippen molar-refractivity contribution < 1.29 is 22.7 Å². The molecule has 0 saturated carbocycles. The zero-order valence-electron chi connectivity index (χ0n) is 23.2. The van der Waals surface area contributed by atoms with Gasteiger partial charge in [-0.2, -0.15) is 0 Å². The van der Waals surface area contributed by atoms with Crippen molar-refractivity contribution in [2.24, 2.45) is 0 Å². The zero-order chi connectivity index (χ0) is 28.5. The molecule has 1 N–H and O–H groups in total. The fourth-order valence-electron chi connectivity index (χ4n) is 4.63. The summed E-state index contributed by atoms with van der Waals surface area (Å²) in [5, 5.41) is 5.03. The summed E-state index contributed by atoms with van der Waals surface area (Å²) in [5.74, 6) is 0.653. The molecule has 1 atom stereocenters. The fraction of sp³-hybridized carbons (Fsp3) is 0.281. The number of nitrogens with one attached hydrogen (secondary N) is 1. The lowest BCUT2D eigenvalue weighted by Gasteiger charge is -2.36. The van der Waals surface area contributed by atoms with E-state index in [0.717, 1.165) is 21.9 Å². The molecule has 0 unspecified atom stereocenters. The van der Waals surface area contributed by atoms with Crippen molar-refractivity contribution in [1.82, 2.24) is 5.32 Å². The van der Waals surface area contributed by atoms with Crippen LogP contribution in [0.2, 0.25) is 0 Å². The van der Waals surface area contributed by atoms with Crippen LogP contribution in [0.25, 0.3) is 10.8 Å². The molecular weight excluding hydrogens is 524 g/mol. The van der Waals surface area contributed by atoms with Gasteiger partial charge in [0.25, 0.3) is 15.9 Å². The Hall–Kier alpha value is -4.04. The molecule has 40 heavy (non-hydrogen) atoms. The van der Waals surface area contributed by atoms with E-state index in [9.17, 15) is 13.2 Å². The highest BCUT2D eigenvalue weighted by Gasteiger charge is 2.38. The Morgan fingerprint density at radius 1 is 0.975 bits per heavy atom. The smallest absolute Gasteiger partial charge is 0.264 e. The highest BCUT2D eigenvalue weighted by molar-refractivity contribution is 7.92. The largest absolute Gasteiger partial charge is 0.492 e. The summed E-state index contributed by atoms with van der Waals surface area (Å²) in [6, 6.07) is 26.1. The van der Waals surface area contributed by atoms with Crippen molar-refractivity contribution in [2.45, 2.75) is 44.1 Å². The van der Waals surface area contributed by atoms with Gasteiger partial charge < -0.3 is 14.8 Å². The summed E-state index contributed by atoms with van der Waals surface area (Å²) in [6.07, 6.45) is -1.02. The third kappa shape index (κ3) is 5.77. The van der Waals surface area contributed by atoms with Gasteiger partial charge in [0, 0.05) is 0 Å². The van der Waals surface area contributed by atoms with E-state index in [2.05, 4.69) is 26.1 Å². The summed E-state index contributed by atoms with van der Waals surface area (Å²) >= 11 is 0. The first kappa shape index (κ1) is 27.5. The Balaban J connectivity index is 1.32. The second-order valence-corrected chi connectivity index (χ2v) is 12.9.